The van der Waals surface area contributed by atoms with Crippen LogP contribution in [0.25, 0.3) is 106 Å². The molecule has 264 valence electrons. The first kappa shape index (κ1) is 32.2. The highest BCUT2D eigenvalue weighted by atomic mass is 16.3. The molecule has 0 amide bonds. The number of rotatable bonds is 6. The summed E-state index contributed by atoms with van der Waals surface area (Å²) in [5, 5.41) is 3.34. The summed E-state index contributed by atoms with van der Waals surface area (Å²) >= 11 is 0. The Kier molecular flexibility index (Phi) is 7.59. The Labute approximate surface area is 324 Å². The van der Waals surface area contributed by atoms with E-state index in [1.54, 1.807) is 0 Å². The van der Waals surface area contributed by atoms with E-state index in [0.29, 0.717) is 5.82 Å². The van der Waals surface area contributed by atoms with E-state index in [2.05, 4.69) is 146 Å². The molecule has 0 aliphatic heterocycles. The Balaban J connectivity index is 1.11. The Morgan fingerprint density at radius 2 is 0.929 bits per heavy atom. The van der Waals surface area contributed by atoms with Gasteiger partial charge in [0.25, 0.3) is 0 Å². The minimum absolute atomic E-state index is 0.682. The van der Waals surface area contributed by atoms with Gasteiger partial charge in [-0.25, -0.2) is 9.97 Å². The van der Waals surface area contributed by atoms with E-state index in [0.717, 1.165) is 107 Å². The van der Waals surface area contributed by atoms with Crippen LogP contribution in [0.3, 0.4) is 0 Å². The van der Waals surface area contributed by atoms with Gasteiger partial charge < -0.3 is 8.83 Å². The fourth-order valence-electron chi connectivity index (χ4n) is 8.07. The molecule has 3 aromatic heterocycles. The van der Waals surface area contributed by atoms with Gasteiger partial charge in [-0.15, -0.1) is 0 Å². The summed E-state index contributed by atoms with van der Waals surface area (Å²) in [6.07, 6.45) is 6.38. The van der Waals surface area contributed by atoms with Gasteiger partial charge in [0.15, 0.2) is 5.82 Å². The molecule has 10 aromatic rings. The summed E-state index contributed by atoms with van der Waals surface area (Å²) in [5.74, 6) is 1.75. The average molecular weight is 719 g/mol. The van der Waals surface area contributed by atoms with E-state index in [9.17, 15) is 0 Å². The number of nitrogens with zero attached hydrogens (tertiary/aromatic N) is 2. The Morgan fingerprint density at radius 3 is 1.68 bits per heavy atom. The number of aromatic nitrogens is 2. The van der Waals surface area contributed by atoms with Crippen LogP contribution < -0.4 is 0 Å². The zero-order chi connectivity index (χ0) is 37.0. The van der Waals surface area contributed by atoms with Crippen LogP contribution in [0.5, 0.6) is 0 Å². The summed E-state index contributed by atoms with van der Waals surface area (Å²) in [6.45, 7) is 0. The second-order valence-corrected chi connectivity index (χ2v) is 14.5. The molecule has 0 atom stereocenters. The third-order valence-corrected chi connectivity index (χ3v) is 10.9. The van der Waals surface area contributed by atoms with Gasteiger partial charge in [-0.1, -0.05) is 127 Å². The molecule has 11 rings (SSSR count). The van der Waals surface area contributed by atoms with Gasteiger partial charge in [-0.3, -0.25) is 0 Å². The van der Waals surface area contributed by atoms with E-state index >= 15 is 0 Å². The molecule has 0 saturated heterocycles. The largest absolute Gasteiger partial charge is 0.460 e. The molecule has 0 radical (unpaired) electrons. The predicted octanol–water partition coefficient (Wildman–Crippen LogP) is 14.1. The van der Waals surface area contributed by atoms with E-state index < -0.39 is 0 Å². The van der Waals surface area contributed by atoms with Gasteiger partial charge in [0.05, 0.1) is 11.4 Å². The number of allylic oxidation sites excluding steroid dienone is 1. The van der Waals surface area contributed by atoms with Crippen LogP contribution in [0, 0.1) is 0 Å². The van der Waals surface area contributed by atoms with Crippen molar-refractivity contribution in [3.63, 3.8) is 0 Å². The summed E-state index contributed by atoms with van der Waals surface area (Å²) < 4.78 is 12.5. The lowest BCUT2D eigenvalue weighted by molar-refractivity contribution is 0.546. The Hall–Kier alpha value is -7.30. The van der Waals surface area contributed by atoms with Crippen molar-refractivity contribution < 1.29 is 8.83 Å². The molecule has 4 nitrogen and oxygen atoms in total. The van der Waals surface area contributed by atoms with Crippen molar-refractivity contribution in [3.05, 3.63) is 187 Å². The smallest absolute Gasteiger partial charge is 0.160 e. The van der Waals surface area contributed by atoms with E-state index in [-0.39, 0.29) is 0 Å². The maximum absolute atomic E-state index is 6.30. The summed E-state index contributed by atoms with van der Waals surface area (Å²) in [7, 11) is 0. The highest BCUT2D eigenvalue weighted by Gasteiger charge is 2.18. The number of aryl methyl sites for hydroxylation is 1. The first-order chi connectivity index (χ1) is 27.7. The molecule has 0 spiro atoms. The summed E-state index contributed by atoms with van der Waals surface area (Å²) in [5.41, 5.74) is 15.3. The van der Waals surface area contributed by atoms with Crippen molar-refractivity contribution >= 4 is 39.0 Å². The standard InChI is InChI=1S/C52H34N2O2/c1-3-11-33(12-4-1)34-19-21-35(22-20-34)46-32-47(54-52(53-46)36-13-5-2-6-14-36)41-28-39(37-23-25-50-44(30-37)42-15-7-9-17-48(42)55-50)27-40(29-41)38-24-26-51-45(31-38)43-16-8-10-18-49(43)56-51/h1-9,11-17,19-32H,10,18H2. The highest BCUT2D eigenvalue weighted by molar-refractivity contribution is 6.06. The zero-order valence-corrected chi connectivity index (χ0v) is 30.4. The van der Waals surface area contributed by atoms with Crippen LogP contribution in [-0.4, -0.2) is 9.97 Å². The zero-order valence-electron chi connectivity index (χ0n) is 30.4. The Morgan fingerprint density at radius 1 is 0.375 bits per heavy atom. The fourth-order valence-corrected chi connectivity index (χ4v) is 8.07. The second kappa shape index (κ2) is 13.2. The van der Waals surface area contributed by atoms with Gasteiger partial charge in [-0.2, -0.15) is 0 Å². The van der Waals surface area contributed by atoms with Crippen LogP contribution in [0.1, 0.15) is 17.7 Å². The SMILES string of the molecule is C1=Cc2c(oc3ccc(-c4cc(-c5ccc6oc7ccccc7c6c5)cc(-c5cc(-c6ccc(-c7ccccc7)cc6)nc(-c6ccccc6)n5)c4)cc23)CC1. The Bertz CT molecular complexity index is 3120. The molecule has 0 saturated carbocycles. The number of hydrogen-bond acceptors (Lipinski definition) is 4. The summed E-state index contributed by atoms with van der Waals surface area (Å²) in [6, 6.07) is 59.6. The molecule has 0 N–H and O–H groups in total. The molecule has 7 aromatic carbocycles. The van der Waals surface area contributed by atoms with Crippen molar-refractivity contribution in [2.45, 2.75) is 12.8 Å². The van der Waals surface area contributed by atoms with Gasteiger partial charge >= 0.3 is 0 Å². The van der Waals surface area contributed by atoms with Crippen LogP contribution in [-0.2, 0) is 6.42 Å². The third-order valence-electron chi connectivity index (χ3n) is 10.9. The summed E-state index contributed by atoms with van der Waals surface area (Å²) in [4.78, 5) is 10.4. The minimum Gasteiger partial charge on any atom is -0.460 e. The van der Waals surface area contributed by atoms with Gasteiger partial charge in [0.1, 0.15) is 22.5 Å². The maximum Gasteiger partial charge on any atom is 0.160 e. The molecular weight excluding hydrogens is 685 g/mol. The van der Waals surface area contributed by atoms with Crippen LogP contribution in [0.4, 0.5) is 0 Å². The van der Waals surface area contributed by atoms with E-state index in [4.69, 9.17) is 18.8 Å². The lowest BCUT2D eigenvalue weighted by Crippen LogP contribution is -1.96. The molecule has 0 fully saturated rings. The number of furan rings is 2. The highest BCUT2D eigenvalue weighted by Crippen LogP contribution is 2.39. The topological polar surface area (TPSA) is 52.1 Å². The quantitative estimate of drug-likeness (QED) is 0.172. The number of hydrogen-bond donors (Lipinski definition) is 0. The maximum atomic E-state index is 6.30. The van der Waals surface area contributed by atoms with Crippen LogP contribution in [0.15, 0.2) is 185 Å². The number of para-hydroxylation sites is 1. The van der Waals surface area contributed by atoms with Crippen molar-refractivity contribution in [1.29, 1.82) is 0 Å². The molecule has 0 bridgehead atoms. The average Bonchev–Trinajstić information content (AvgIpc) is 3.84. The van der Waals surface area contributed by atoms with Gasteiger partial charge in [-0.05, 0) is 94.4 Å². The fraction of sp³-hybridized carbons (Fsp3) is 0.0385. The monoisotopic (exact) mass is 718 g/mol. The van der Waals surface area contributed by atoms with E-state index in [1.165, 1.54) is 11.1 Å². The molecule has 1 aliphatic rings. The lowest BCUT2D eigenvalue weighted by atomic mass is 9.93. The minimum atomic E-state index is 0.682. The third kappa shape index (κ3) is 5.71. The normalized spacial score (nSPS) is 12.4. The van der Waals surface area contributed by atoms with Crippen molar-refractivity contribution in [2.75, 3.05) is 0 Å². The van der Waals surface area contributed by atoms with Crippen molar-refractivity contribution in [3.8, 4) is 67.3 Å². The number of fused-ring (bicyclic) bond motifs is 6. The molecular formula is C52H34N2O2. The molecule has 3 heterocycles. The second-order valence-electron chi connectivity index (χ2n) is 14.5. The van der Waals surface area contributed by atoms with E-state index in [1.807, 2.05) is 36.4 Å². The molecule has 1 aliphatic carbocycles. The lowest BCUT2D eigenvalue weighted by Gasteiger charge is -2.14. The van der Waals surface area contributed by atoms with Gasteiger partial charge in [0.2, 0.25) is 0 Å². The molecule has 56 heavy (non-hydrogen) atoms. The van der Waals surface area contributed by atoms with Gasteiger partial charge in [0, 0.05) is 44.8 Å². The first-order valence-electron chi connectivity index (χ1n) is 19.1. The molecule has 0 unspecified atom stereocenters. The van der Waals surface area contributed by atoms with Crippen molar-refractivity contribution in [2.24, 2.45) is 0 Å². The first-order valence-corrected chi connectivity index (χ1v) is 19.1. The van der Waals surface area contributed by atoms with Crippen LogP contribution >= 0.6 is 0 Å². The van der Waals surface area contributed by atoms with Crippen LogP contribution in [0.2, 0.25) is 0 Å². The molecule has 4 heteroatoms. The predicted molar refractivity (Wildman–Crippen MR) is 229 cm³/mol. The van der Waals surface area contributed by atoms with Crippen molar-refractivity contribution in [1.82, 2.24) is 9.97 Å². The number of benzene rings is 7.